The summed E-state index contributed by atoms with van der Waals surface area (Å²) in [5.41, 5.74) is 6.05. The minimum absolute atomic E-state index is 0.230. The lowest BCUT2D eigenvalue weighted by atomic mass is 10.3. The van der Waals surface area contributed by atoms with Crippen molar-refractivity contribution in [3.63, 3.8) is 0 Å². The van der Waals surface area contributed by atoms with Gasteiger partial charge in [-0.1, -0.05) is 6.07 Å². The van der Waals surface area contributed by atoms with Gasteiger partial charge in [-0.05, 0) is 57.1 Å². The molecule has 1 aromatic carbocycles. The molecule has 1 aromatic rings. The summed E-state index contributed by atoms with van der Waals surface area (Å²) in [6.07, 6.45) is 3.35. The number of nitrogens with zero attached hydrogens (tertiary/aromatic N) is 1. The second-order valence-electron chi connectivity index (χ2n) is 4.87. The largest absolute Gasteiger partial charge is 0.399 e. The van der Waals surface area contributed by atoms with E-state index in [2.05, 4.69) is 9.62 Å². The zero-order valence-corrected chi connectivity index (χ0v) is 11.8. The number of hydrogen-bond acceptors (Lipinski definition) is 4. The lowest BCUT2D eigenvalue weighted by Gasteiger charge is -2.14. The number of nitrogen functional groups attached to an aromatic ring is 1. The lowest BCUT2D eigenvalue weighted by Crippen LogP contribution is -2.28. The van der Waals surface area contributed by atoms with Crippen LogP contribution in [0, 0.1) is 0 Å². The quantitative estimate of drug-likeness (QED) is 0.604. The van der Waals surface area contributed by atoms with Crippen molar-refractivity contribution in [2.24, 2.45) is 0 Å². The standard InChI is InChI=1S/C13H21N3O2S/c14-12-5-3-6-13(11-12)19(17,18)15-7-4-10-16-8-1-2-9-16/h3,5-6,11,15H,1-2,4,7-10,14H2. The molecule has 0 atom stereocenters. The average Bonchev–Trinajstić information content (AvgIpc) is 2.88. The van der Waals surface area contributed by atoms with E-state index < -0.39 is 10.0 Å². The smallest absolute Gasteiger partial charge is 0.240 e. The van der Waals surface area contributed by atoms with Gasteiger partial charge in [0.25, 0.3) is 0 Å². The van der Waals surface area contributed by atoms with E-state index in [1.165, 1.54) is 18.9 Å². The number of nitrogens with two attached hydrogens (primary N) is 1. The third kappa shape index (κ3) is 4.19. The van der Waals surface area contributed by atoms with Gasteiger partial charge in [-0.3, -0.25) is 0 Å². The summed E-state index contributed by atoms with van der Waals surface area (Å²) in [4.78, 5) is 2.60. The van der Waals surface area contributed by atoms with Crippen molar-refractivity contribution in [1.29, 1.82) is 0 Å². The van der Waals surface area contributed by atoms with E-state index >= 15 is 0 Å². The molecule has 1 heterocycles. The first kappa shape index (κ1) is 14.3. The summed E-state index contributed by atoms with van der Waals surface area (Å²) < 4.78 is 26.6. The third-order valence-corrected chi connectivity index (χ3v) is 4.77. The van der Waals surface area contributed by atoms with Crippen molar-refractivity contribution in [2.45, 2.75) is 24.2 Å². The Hall–Kier alpha value is -1.11. The summed E-state index contributed by atoms with van der Waals surface area (Å²) in [6.45, 7) is 3.71. The summed E-state index contributed by atoms with van der Waals surface area (Å²) >= 11 is 0. The fraction of sp³-hybridized carbons (Fsp3) is 0.538. The first-order valence-electron chi connectivity index (χ1n) is 6.65. The van der Waals surface area contributed by atoms with Crippen molar-refractivity contribution in [1.82, 2.24) is 9.62 Å². The lowest BCUT2D eigenvalue weighted by molar-refractivity contribution is 0.334. The summed E-state index contributed by atoms with van der Waals surface area (Å²) in [5, 5.41) is 0. The fourth-order valence-corrected chi connectivity index (χ4v) is 3.41. The molecule has 0 radical (unpaired) electrons. The van der Waals surface area contributed by atoms with Gasteiger partial charge in [0.15, 0.2) is 0 Å². The minimum atomic E-state index is -3.43. The minimum Gasteiger partial charge on any atom is -0.399 e. The predicted octanol–water partition coefficient (Wildman–Crippen LogP) is 1.03. The second kappa shape index (κ2) is 6.36. The van der Waals surface area contributed by atoms with Crippen LogP contribution >= 0.6 is 0 Å². The maximum atomic E-state index is 12.0. The summed E-state index contributed by atoms with van der Waals surface area (Å²) in [7, 11) is -3.43. The molecule has 2 rings (SSSR count). The van der Waals surface area contributed by atoms with Gasteiger partial charge in [0, 0.05) is 12.2 Å². The molecule has 1 fully saturated rings. The second-order valence-corrected chi connectivity index (χ2v) is 6.64. The van der Waals surface area contributed by atoms with E-state index in [0.717, 1.165) is 26.1 Å². The number of nitrogens with one attached hydrogen (secondary N) is 1. The molecule has 0 amide bonds. The van der Waals surface area contributed by atoms with Crippen LogP contribution in [-0.2, 0) is 10.0 Å². The number of likely N-dealkylation sites (tertiary alicyclic amines) is 1. The van der Waals surface area contributed by atoms with Gasteiger partial charge in [0.05, 0.1) is 4.90 Å². The van der Waals surface area contributed by atoms with Gasteiger partial charge in [-0.25, -0.2) is 13.1 Å². The molecule has 1 aliphatic heterocycles. The molecule has 1 aliphatic rings. The SMILES string of the molecule is Nc1cccc(S(=O)(=O)NCCCN2CCCC2)c1. The van der Waals surface area contributed by atoms with Gasteiger partial charge in [-0.15, -0.1) is 0 Å². The number of sulfonamides is 1. The van der Waals surface area contributed by atoms with Crippen molar-refractivity contribution < 1.29 is 8.42 Å². The maximum Gasteiger partial charge on any atom is 0.240 e. The van der Waals surface area contributed by atoms with Crippen LogP contribution < -0.4 is 10.5 Å². The molecule has 6 heteroatoms. The first-order valence-corrected chi connectivity index (χ1v) is 8.14. The molecule has 19 heavy (non-hydrogen) atoms. The average molecular weight is 283 g/mol. The molecular weight excluding hydrogens is 262 g/mol. The van der Waals surface area contributed by atoms with Gasteiger partial charge in [-0.2, -0.15) is 0 Å². The van der Waals surface area contributed by atoms with E-state index in [0.29, 0.717) is 12.2 Å². The van der Waals surface area contributed by atoms with Crippen LogP contribution in [0.1, 0.15) is 19.3 Å². The summed E-state index contributed by atoms with van der Waals surface area (Å²) in [6, 6.07) is 6.35. The van der Waals surface area contributed by atoms with Gasteiger partial charge in [0.1, 0.15) is 0 Å². The van der Waals surface area contributed by atoms with E-state index in [1.807, 2.05) is 0 Å². The molecule has 0 aliphatic carbocycles. The Morgan fingerprint density at radius 1 is 1.26 bits per heavy atom. The van der Waals surface area contributed by atoms with Crippen LogP contribution in [-0.4, -0.2) is 39.5 Å². The zero-order chi connectivity index (χ0) is 13.7. The number of hydrogen-bond donors (Lipinski definition) is 2. The molecule has 106 valence electrons. The maximum absolute atomic E-state index is 12.0. The Balaban J connectivity index is 1.80. The van der Waals surface area contributed by atoms with Gasteiger partial charge < -0.3 is 10.6 Å². The van der Waals surface area contributed by atoms with Crippen molar-refractivity contribution in [3.8, 4) is 0 Å². The third-order valence-electron chi connectivity index (χ3n) is 3.31. The Kier molecular flexibility index (Phi) is 4.79. The van der Waals surface area contributed by atoms with E-state index in [9.17, 15) is 8.42 Å². The number of rotatable bonds is 6. The molecule has 0 spiro atoms. The molecule has 1 saturated heterocycles. The van der Waals surface area contributed by atoms with Crippen LogP contribution in [0.4, 0.5) is 5.69 Å². The van der Waals surface area contributed by atoms with Gasteiger partial charge >= 0.3 is 0 Å². The van der Waals surface area contributed by atoms with E-state index in [1.54, 1.807) is 18.2 Å². The van der Waals surface area contributed by atoms with Gasteiger partial charge in [0.2, 0.25) is 10.0 Å². The number of benzene rings is 1. The van der Waals surface area contributed by atoms with Crippen molar-refractivity contribution in [2.75, 3.05) is 31.9 Å². The highest BCUT2D eigenvalue weighted by Crippen LogP contribution is 2.12. The number of anilines is 1. The Labute approximate surface area is 114 Å². The fourth-order valence-electron chi connectivity index (χ4n) is 2.28. The van der Waals surface area contributed by atoms with Crippen LogP contribution in [0.15, 0.2) is 29.2 Å². The molecule has 5 nitrogen and oxygen atoms in total. The summed E-state index contributed by atoms with van der Waals surface area (Å²) in [5.74, 6) is 0. The van der Waals surface area contributed by atoms with Crippen LogP contribution in [0.25, 0.3) is 0 Å². The first-order chi connectivity index (χ1) is 9.08. The predicted molar refractivity (Wildman–Crippen MR) is 76.3 cm³/mol. The highest BCUT2D eigenvalue weighted by Gasteiger charge is 2.14. The Bertz CT molecular complexity index is 510. The van der Waals surface area contributed by atoms with Crippen LogP contribution in [0.3, 0.4) is 0 Å². The van der Waals surface area contributed by atoms with Crippen molar-refractivity contribution >= 4 is 15.7 Å². The van der Waals surface area contributed by atoms with Crippen LogP contribution in [0.2, 0.25) is 0 Å². The Morgan fingerprint density at radius 3 is 2.68 bits per heavy atom. The zero-order valence-electron chi connectivity index (χ0n) is 11.0. The van der Waals surface area contributed by atoms with E-state index in [-0.39, 0.29) is 4.90 Å². The normalized spacial score (nSPS) is 16.8. The molecular formula is C13H21N3O2S. The highest BCUT2D eigenvalue weighted by atomic mass is 32.2. The Morgan fingerprint density at radius 2 is 2.00 bits per heavy atom. The molecule has 3 N–H and O–H groups in total. The highest BCUT2D eigenvalue weighted by molar-refractivity contribution is 7.89. The van der Waals surface area contributed by atoms with Crippen molar-refractivity contribution in [3.05, 3.63) is 24.3 Å². The van der Waals surface area contributed by atoms with E-state index in [4.69, 9.17) is 5.73 Å². The van der Waals surface area contributed by atoms with Crippen LogP contribution in [0.5, 0.6) is 0 Å². The molecule has 0 unspecified atom stereocenters. The molecule has 0 bridgehead atoms. The molecule has 0 aromatic heterocycles. The monoisotopic (exact) mass is 283 g/mol. The molecule has 0 saturated carbocycles. The topological polar surface area (TPSA) is 75.4 Å².